The molecule has 0 aliphatic rings. The summed E-state index contributed by atoms with van der Waals surface area (Å²) in [5, 5.41) is 14.1. The average molecular weight is 378 g/mol. The summed E-state index contributed by atoms with van der Waals surface area (Å²) >= 11 is 0. The predicted octanol–water partition coefficient (Wildman–Crippen LogP) is 4.34. The van der Waals surface area contributed by atoms with E-state index in [1.165, 1.54) is 0 Å². The highest BCUT2D eigenvalue weighted by molar-refractivity contribution is 5.95. The third-order valence-corrected chi connectivity index (χ3v) is 4.48. The number of benzene rings is 1. The Morgan fingerprint density at radius 2 is 1.89 bits per heavy atom. The lowest BCUT2D eigenvalue weighted by atomic mass is 9.96. The van der Waals surface area contributed by atoms with Crippen LogP contribution in [0.1, 0.15) is 61.7 Å². The molecule has 0 spiro atoms. The minimum Gasteiger partial charge on any atom is -0.478 e. The molecule has 0 bridgehead atoms. The van der Waals surface area contributed by atoms with E-state index in [1.54, 1.807) is 24.4 Å². The van der Waals surface area contributed by atoms with Gasteiger partial charge in [0.25, 0.3) is 0 Å². The van der Waals surface area contributed by atoms with E-state index in [9.17, 15) is 9.90 Å². The highest BCUT2D eigenvalue weighted by Gasteiger charge is 2.21. The number of nitrogens with zero attached hydrogens (tertiary/aromatic N) is 4. The van der Waals surface area contributed by atoms with Gasteiger partial charge in [-0.3, -0.25) is 4.98 Å². The summed E-state index contributed by atoms with van der Waals surface area (Å²) in [5.41, 5.74) is 2.41. The Bertz CT molecular complexity index is 969. The van der Waals surface area contributed by atoms with Crippen LogP contribution in [0.15, 0.2) is 42.6 Å². The van der Waals surface area contributed by atoms with Crippen molar-refractivity contribution in [2.75, 3.05) is 0 Å². The van der Waals surface area contributed by atoms with E-state index in [2.05, 4.69) is 32.7 Å². The number of aromatic carboxylic acids is 1. The van der Waals surface area contributed by atoms with E-state index in [0.29, 0.717) is 17.8 Å². The lowest BCUT2D eigenvalue weighted by Crippen LogP contribution is -2.14. The number of pyridine rings is 1. The van der Waals surface area contributed by atoms with Crippen LogP contribution < -0.4 is 0 Å². The first kappa shape index (κ1) is 19.7. The van der Waals surface area contributed by atoms with E-state index in [4.69, 9.17) is 10.1 Å². The molecule has 0 saturated heterocycles. The fourth-order valence-electron chi connectivity index (χ4n) is 2.97. The van der Waals surface area contributed by atoms with Gasteiger partial charge in [0, 0.05) is 23.6 Å². The maximum absolute atomic E-state index is 11.4. The molecule has 0 radical (unpaired) electrons. The normalized spacial score (nSPS) is 11.6. The minimum atomic E-state index is -0.956. The highest BCUT2D eigenvalue weighted by Crippen LogP contribution is 2.23. The number of hydrogen-bond acceptors (Lipinski definition) is 4. The van der Waals surface area contributed by atoms with Gasteiger partial charge in [0.1, 0.15) is 5.82 Å². The van der Waals surface area contributed by atoms with Crippen LogP contribution in [0.3, 0.4) is 0 Å². The van der Waals surface area contributed by atoms with Crippen molar-refractivity contribution in [2.45, 2.75) is 52.5 Å². The van der Waals surface area contributed by atoms with Gasteiger partial charge in [-0.1, -0.05) is 52.0 Å². The molecule has 2 heterocycles. The fourth-order valence-corrected chi connectivity index (χ4v) is 2.97. The van der Waals surface area contributed by atoms with Crippen LogP contribution in [0.4, 0.5) is 0 Å². The van der Waals surface area contributed by atoms with E-state index in [1.807, 2.05) is 22.9 Å². The molecule has 146 valence electrons. The SMILES string of the molecule is CCCc1nc(C(C)(C)C)nn1Cc1ccc(-c2ccccc2C(=O)O)nc1. The van der Waals surface area contributed by atoms with Gasteiger partial charge < -0.3 is 5.11 Å². The van der Waals surface area contributed by atoms with Crippen molar-refractivity contribution in [3.63, 3.8) is 0 Å². The largest absolute Gasteiger partial charge is 0.478 e. The first-order valence-electron chi connectivity index (χ1n) is 9.51. The smallest absolute Gasteiger partial charge is 0.336 e. The minimum absolute atomic E-state index is 0.101. The summed E-state index contributed by atoms with van der Waals surface area (Å²) in [5.74, 6) is 0.867. The molecule has 3 rings (SSSR count). The molecule has 0 unspecified atom stereocenters. The second-order valence-corrected chi connectivity index (χ2v) is 7.91. The second kappa shape index (κ2) is 7.92. The molecule has 0 atom stereocenters. The average Bonchev–Trinajstić information content (AvgIpc) is 3.06. The van der Waals surface area contributed by atoms with Crippen molar-refractivity contribution in [1.82, 2.24) is 19.7 Å². The monoisotopic (exact) mass is 378 g/mol. The lowest BCUT2D eigenvalue weighted by Gasteiger charge is -2.12. The summed E-state index contributed by atoms with van der Waals surface area (Å²) < 4.78 is 1.95. The fraction of sp³-hybridized carbons (Fsp3) is 0.364. The van der Waals surface area contributed by atoms with Gasteiger partial charge in [-0.05, 0) is 24.1 Å². The molecule has 2 aromatic heterocycles. The van der Waals surface area contributed by atoms with Crippen molar-refractivity contribution >= 4 is 5.97 Å². The summed E-state index contributed by atoms with van der Waals surface area (Å²) in [7, 11) is 0. The van der Waals surface area contributed by atoms with Crippen LogP contribution in [0.25, 0.3) is 11.3 Å². The van der Waals surface area contributed by atoms with Gasteiger partial charge in [0.05, 0.1) is 17.8 Å². The lowest BCUT2D eigenvalue weighted by molar-refractivity contribution is 0.0697. The molecule has 6 heteroatoms. The Morgan fingerprint density at radius 3 is 2.50 bits per heavy atom. The molecule has 0 fully saturated rings. The van der Waals surface area contributed by atoms with Crippen LogP contribution in [0.5, 0.6) is 0 Å². The first-order chi connectivity index (χ1) is 13.3. The number of carboxylic acids is 1. The number of carboxylic acid groups (broad SMARTS) is 1. The van der Waals surface area contributed by atoms with Crippen LogP contribution in [-0.2, 0) is 18.4 Å². The summed E-state index contributed by atoms with van der Waals surface area (Å²) in [6.07, 6.45) is 3.66. The van der Waals surface area contributed by atoms with Crippen LogP contribution >= 0.6 is 0 Å². The van der Waals surface area contributed by atoms with Gasteiger partial charge in [-0.15, -0.1) is 0 Å². The maximum Gasteiger partial charge on any atom is 0.336 e. The van der Waals surface area contributed by atoms with E-state index in [-0.39, 0.29) is 11.0 Å². The van der Waals surface area contributed by atoms with Crippen LogP contribution in [0, 0.1) is 0 Å². The maximum atomic E-state index is 11.4. The summed E-state index contributed by atoms with van der Waals surface area (Å²) in [6.45, 7) is 9.05. The van der Waals surface area contributed by atoms with Gasteiger partial charge >= 0.3 is 5.97 Å². The molecule has 1 aromatic carbocycles. The van der Waals surface area contributed by atoms with Gasteiger partial charge in [-0.2, -0.15) is 5.10 Å². The molecule has 0 aliphatic heterocycles. The number of carbonyl (C=O) groups is 1. The Balaban J connectivity index is 1.88. The molecule has 28 heavy (non-hydrogen) atoms. The Morgan fingerprint density at radius 1 is 1.14 bits per heavy atom. The first-order valence-corrected chi connectivity index (χ1v) is 9.51. The second-order valence-electron chi connectivity index (χ2n) is 7.91. The zero-order valence-electron chi connectivity index (χ0n) is 16.8. The summed E-state index contributed by atoms with van der Waals surface area (Å²) in [4.78, 5) is 20.7. The number of aryl methyl sites for hydroxylation is 1. The Labute approximate surface area is 165 Å². The highest BCUT2D eigenvalue weighted by atomic mass is 16.4. The quantitative estimate of drug-likeness (QED) is 0.690. The number of hydrogen-bond donors (Lipinski definition) is 1. The Hall–Kier alpha value is -3.02. The topological polar surface area (TPSA) is 80.9 Å². The predicted molar refractivity (Wildman–Crippen MR) is 108 cm³/mol. The van der Waals surface area contributed by atoms with Gasteiger partial charge in [-0.25, -0.2) is 14.5 Å². The van der Waals surface area contributed by atoms with Crippen molar-refractivity contribution in [3.05, 3.63) is 65.4 Å². The molecular formula is C22H26N4O2. The van der Waals surface area contributed by atoms with Crippen LogP contribution in [0.2, 0.25) is 0 Å². The molecular weight excluding hydrogens is 352 g/mol. The number of rotatable bonds is 6. The third kappa shape index (κ3) is 4.27. The molecule has 0 saturated carbocycles. The molecule has 0 aliphatic carbocycles. The van der Waals surface area contributed by atoms with Crippen molar-refractivity contribution in [2.24, 2.45) is 0 Å². The van der Waals surface area contributed by atoms with E-state index >= 15 is 0 Å². The third-order valence-electron chi connectivity index (χ3n) is 4.48. The van der Waals surface area contributed by atoms with E-state index < -0.39 is 5.97 Å². The van der Waals surface area contributed by atoms with E-state index in [0.717, 1.165) is 30.1 Å². The van der Waals surface area contributed by atoms with Crippen molar-refractivity contribution in [1.29, 1.82) is 0 Å². The van der Waals surface area contributed by atoms with Crippen molar-refractivity contribution < 1.29 is 9.90 Å². The van der Waals surface area contributed by atoms with Gasteiger partial charge in [0.2, 0.25) is 0 Å². The zero-order chi connectivity index (χ0) is 20.3. The van der Waals surface area contributed by atoms with Crippen molar-refractivity contribution in [3.8, 4) is 11.3 Å². The number of aromatic nitrogens is 4. The Kier molecular flexibility index (Phi) is 5.58. The molecule has 1 N–H and O–H groups in total. The molecule has 0 amide bonds. The standard InChI is InChI=1S/C22H26N4O2/c1-5-8-19-24-21(22(2,3)4)25-26(19)14-15-11-12-18(23-13-15)16-9-6-7-10-17(16)20(27)28/h6-7,9-13H,5,8,14H2,1-4H3,(H,27,28). The van der Waals surface area contributed by atoms with Crippen LogP contribution in [-0.4, -0.2) is 30.8 Å². The summed E-state index contributed by atoms with van der Waals surface area (Å²) in [6, 6.07) is 10.7. The molecule has 3 aromatic rings. The zero-order valence-corrected chi connectivity index (χ0v) is 16.8. The van der Waals surface area contributed by atoms with Gasteiger partial charge in [0.15, 0.2) is 5.82 Å². The molecule has 6 nitrogen and oxygen atoms in total.